The van der Waals surface area contributed by atoms with Crippen LogP contribution >= 0.6 is 7.60 Å². The van der Waals surface area contributed by atoms with Gasteiger partial charge in [-0.1, -0.05) is 27.7 Å². The third-order valence-electron chi connectivity index (χ3n) is 1.28. The van der Waals surface area contributed by atoms with Gasteiger partial charge in [-0.05, 0) is 11.8 Å². The van der Waals surface area contributed by atoms with E-state index in [2.05, 4.69) is 0 Å². The van der Waals surface area contributed by atoms with Crippen LogP contribution in [0.1, 0.15) is 27.7 Å². The van der Waals surface area contributed by atoms with Gasteiger partial charge in [0.25, 0.3) is 0 Å². The first-order valence-electron chi connectivity index (χ1n) is 4.70. The molecule has 4 nitrogen and oxygen atoms in total. The summed E-state index contributed by atoms with van der Waals surface area (Å²) in [5.74, 6) is 2.07. The Kier molecular flexibility index (Phi) is 6.03. The first-order valence-corrected chi connectivity index (χ1v) is 6.24. The average Bonchev–Trinajstić information content (AvgIpc) is 2.11. The zero-order valence-corrected chi connectivity index (χ0v) is 10.1. The molecule has 0 spiro atoms. The van der Waals surface area contributed by atoms with Crippen LogP contribution in [0.3, 0.4) is 0 Å². The van der Waals surface area contributed by atoms with Crippen LogP contribution < -0.4 is 0 Å². The molecule has 14 heavy (non-hydrogen) atoms. The molecule has 0 aliphatic rings. The van der Waals surface area contributed by atoms with E-state index in [0.717, 1.165) is 0 Å². The van der Waals surface area contributed by atoms with Crippen molar-refractivity contribution >= 4 is 7.60 Å². The Labute approximate surface area is 85.7 Å². The van der Waals surface area contributed by atoms with Crippen LogP contribution in [0.25, 0.3) is 0 Å². The van der Waals surface area contributed by atoms with Crippen molar-refractivity contribution in [2.75, 3.05) is 13.2 Å². The number of nitriles is 1. The molecule has 0 saturated carbocycles. The fraction of sp³-hybridized carbons (Fsp3) is 0.889. The molecule has 0 aromatic carbocycles. The van der Waals surface area contributed by atoms with Crippen LogP contribution in [0.15, 0.2) is 0 Å². The van der Waals surface area contributed by atoms with Crippen LogP contribution in [0.4, 0.5) is 0 Å². The van der Waals surface area contributed by atoms with E-state index in [1.807, 2.05) is 27.7 Å². The summed E-state index contributed by atoms with van der Waals surface area (Å²) in [6, 6.07) is 0. The second-order valence-electron chi connectivity index (χ2n) is 3.98. The monoisotopic (exact) mass is 219 g/mol. The second-order valence-corrected chi connectivity index (χ2v) is 5.69. The van der Waals surface area contributed by atoms with Gasteiger partial charge < -0.3 is 0 Å². The van der Waals surface area contributed by atoms with Crippen LogP contribution in [-0.4, -0.2) is 13.2 Å². The highest BCUT2D eigenvalue weighted by Crippen LogP contribution is 2.47. The summed E-state index contributed by atoms with van der Waals surface area (Å²) in [7, 11) is -3.50. The molecule has 0 aromatic rings. The molecular formula is C9H18NO3P. The topological polar surface area (TPSA) is 59.3 Å². The zero-order valence-electron chi connectivity index (χ0n) is 9.19. The third kappa shape index (κ3) is 6.15. The van der Waals surface area contributed by atoms with Gasteiger partial charge in [-0.15, -0.1) is 0 Å². The smallest absolute Gasteiger partial charge is 0.298 e. The van der Waals surface area contributed by atoms with Gasteiger partial charge in [-0.2, -0.15) is 5.26 Å². The minimum absolute atomic E-state index is 0.235. The third-order valence-corrected chi connectivity index (χ3v) is 2.50. The van der Waals surface area contributed by atoms with Crippen molar-refractivity contribution in [1.29, 1.82) is 5.26 Å². The Morgan fingerprint density at radius 2 is 1.50 bits per heavy atom. The quantitative estimate of drug-likeness (QED) is 0.644. The molecule has 0 aliphatic heterocycles. The first-order chi connectivity index (χ1) is 6.39. The van der Waals surface area contributed by atoms with Crippen LogP contribution in [0.5, 0.6) is 0 Å². The number of hydrogen-bond donors (Lipinski definition) is 0. The molecule has 0 fully saturated rings. The molecule has 0 amide bonds. The van der Waals surface area contributed by atoms with E-state index in [0.29, 0.717) is 0 Å². The lowest BCUT2D eigenvalue weighted by Crippen LogP contribution is -2.05. The van der Waals surface area contributed by atoms with Crippen molar-refractivity contribution in [2.45, 2.75) is 27.7 Å². The van der Waals surface area contributed by atoms with E-state index in [1.54, 1.807) is 5.81 Å². The Morgan fingerprint density at radius 1 is 1.14 bits per heavy atom. The van der Waals surface area contributed by atoms with E-state index in [4.69, 9.17) is 14.3 Å². The SMILES string of the molecule is CC(C)COP(=O)(C#N)OCC(C)C. The van der Waals surface area contributed by atoms with Gasteiger partial charge in [0.2, 0.25) is 0 Å². The minimum Gasteiger partial charge on any atom is -0.298 e. The van der Waals surface area contributed by atoms with E-state index in [-0.39, 0.29) is 25.0 Å². The van der Waals surface area contributed by atoms with Crippen molar-refractivity contribution in [3.8, 4) is 5.81 Å². The van der Waals surface area contributed by atoms with E-state index in [1.165, 1.54) is 0 Å². The highest BCUT2D eigenvalue weighted by Gasteiger charge is 2.24. The van der Waals surface area contributed by atoms with Crippen LogP contribution in [0.2, 0.25) is 0 Å². The summed E-state index contributed by atoms with van der Waals surface area (Å²) < 4.78 is 21.5. The van der Waals surface area contributed by atoms with E-state index >= 15 is 0 Å². The number of rotatable bonds is 6. The largest absolute Gasteiger partial charge is 0.431 e. The molecule has 0 saturated heterocycles. The van der Waals surface area contributed by atoms with Gasteiger partial charge in [-0.25, -0.2) is 4.57 Å². The molecule has 0 N–H and O–H groups in total. The maximum absolute atomic E-state index is 11.6. The van der Waals surface area contributed by atoms with Crippen molar-refractivity contribution in [2.24, 2.45) is 11.8 Å². The van der Waals surface area contributed by atoms with Gasteiger partial charge in [-0.3, -0.25) is 9.05 Å². The summed E-state index contributed by atoms with van der Waals surface area (Å²) in [4.78, 5) is 0. The normalized spacial score (nSPS) is 12.1. The molecule has 0 heterocycles. The molecule has 0 atom stereocenters. The molecule has 0 aliphatic carbocycles. The molecule has 0 aromatic heterocycles. The summed E-state index contributed by atoms with van der Waals surface area (Å²) in [6.07, 6.45) is 0. The maximum atomic E-state index is 11.6. The highest BCUT2D eigenvalue weighted by molar-refractivity contribution is 7.59. The molecule has 0 rings (SSSR count). The van der Waals surface area contributed by atoms with Crippen LogP contribution in [-0.2, 0) is 13.6 Å². The van der Waals surface area contributed by atoms with E-state index < -0.39 is 7.60 Å². The van der Waals surface area contributed by atoms with Gasteiger partial charge >= 0.3 is 7.60 Å². The predicted octanol–water partition coefficient (Wildman–Crippen LogP) is 3.01. The van der Waals surface area contributed by atoms with E-state index in [9.17, 15) is 4.57 Å². The Hall–Kier alpha value is -0.360. The van der Waals surface area contributed by atoms with Gasteiger partial charge in [0.1, 0.15) is 0 Å². The van der Waals surface area contributed by atoms with Crippen molar-refractivity contribution in [3.05, 3.63) is 0 Å². The second kappa shape index (κ2) is 6.19. The van der Waals surface area contributed by atoms with Gasteiger partial charge in [0, 0.05) is 0 Å². The first kappa shape index (κ1) is 13.6. The Morgan fingerprint density at radius 3 is 1.71 bits per heavy atom. The lowest BCUT2D eigenvalue weighted by molar-refractivity contribution is 0.181. The zero-order chi connectivity index (χ0) is 11.2. The lowest BCUT2D eigenvalue weighted by atomic mass is 10.2. The molecule has 0 bridgehead atoms. The fourth-order valence-electron chi connectivity index (χ4n) is 0.589. The summed E-state index contributed by atoms with van der Waals surface area (Å²) in [6.45, 7) is 8.24. The minimum atomic E-state index is -3.50. The Balaban J connectivity index is 4.08. The standard InChI is InChI=1S/C9H18NO3P/c1-8(2)5-12-14(11,7-10)13-6-9(3)4/h8-9H,5-6H2,1-4H3. The van der Waals surface area contributed by atoms with Crippen LogP contribution in [0, 0.1) is 22.9 Å². The lowest BCUT2D eigenvalue weighted by Gasteiger charge is -2.14. The van der Waals surface area contributed by atoms with Crippen molar-refractivity contribution in [3.63, 3.8) is 0 Å². The molecule has 5 heteroatoms. The van der Waals surface area contributed by atoms with Gasteiger partial charge in [0.05, 0.1) is 13.2 Å². The maximum Gasteiger partial charge on any atom is 0.431 e. The summed E-state index contributed by atoms with van der Waals surface area (Å²) in [5, 5.41) is 8.65. The summed E-state index contributed by atoms with van der Waals surface area (Å²) >= 11 is 0. The fourth-order valence-corrected chi connectivity index (χ4v) is 1.77. The molecule has 0 unspecified atom stereocenters. The Bertz CT molecular complexity index is 229. The average molecular weight is 219 g/mol. The van der Waals surface area contributed by atoms with Crippen molar-refractivity contribution < 1.29 is 13.6 Å². The number of nitrogens with zero attached hydrogens (tertiary/aromatic N) is 1. The summed E-state index contributed by atoms with van der Waals surface area (Å²) in [5.41, 5.74) is 0. The molecule has 0 radical (unpaired) electrons. The predicted molar refractivity (Wildman–Crippen MR) is 54.8 cm³/mol. The van der Waals surface area contributed by atoms with Crippen molar-refractivity contribution in [1.82, 2.24) is 0 Å². The number of hydrogen-bond acceptors (Lipinski definition) is 4. The molecular weight excluding hydrogens is 201 g/mol. The highest BCUT2D eigenvalue weighted by atomic mass is 31.2. The van der Waals surface area contributed by atoms with Gasteiger partial charge in [0.15, 0.2) is 5.81 Å². The molecule has 82 valence electrons.